The van der Waals surface area contributed by atoms with Gasteiger partial charge in [0.25, 0.3) is 0 Å². The van der Waals surface area contributed by atoms with Crippen LogP contribution in [0.3, 0.4) is 0 Å². The number of hydrogen-bond acceptors (Lipinski definition) is 3. The third kappa shape index (κ3) is 1.53. The van der Waals surface area contributed by atoms with E-state index in [0.29, 0.717) is 13.0 Å². The van der Waals surface area contributed by atoms with Gasteiger partial charge in [0.1, 0.15) is 0 Å². The molecule has 2 aliphatic rings. The second-order valence-corrected chi connectivity index (χ2v) is 5.37. The number of benzene rings is 1. The molecule has 0 spiro atoms. The monoisotopic (exact) mass is 243 g/mol. The van der Waals surface area contributed by atoms with Crippen LogP contribution in [0, 0.1) is 0 Å². The van der Waals surface area contributed by atoms with Gasteiger partial charge in [0.2, 0.25) is 5.91 Å². The van der Waals surface area contributed by atoms with Crippen LogP contribution in [0.15, 0.2) is 30.5 Å². The van der Waals surface area contributed by atoms with Crippen molar-refractivity contribution in [2.24, 2.45) is 5.73 Å². The average molecular weight is 243 g/mol. The van der Waals surface area contributed by atoms with Gasteiger partial charge >= 0.3 is 0 Å². The number of hydrogen-bond donors (Lipinski definition) is 1. The summed E-state index contributed by atoms with van der Waals surface area (Å²) in [5, 5.41) is 0. The lowest BCUT2D eigenvalue weighted by Gasteiger charge is -2.35. The van der Waals surface area contributed by atoms with Crippen LogP contribution in [0.4, 0.5) is 11.4 Å². The molecular weight excluding hydrogens is 226 g/mol. The normalized spacial score (nSPS) is 18.1. The molecule has 1 amide bonds. The van der Waals surface area contributed by atoms with Crippen LogP contribution < -0.4 is 15.5 Å². The van der Waals surface area contributed by atoms with Crippen molar-refractivity contribution in [2.75, 3.05) is 16.3 Å². The molecule has 1 aromatic rings. The van der Waals surface area contributed by atoms with Crippen molar-refractivity contribution in [3.8, 4) is 0 Å². The summed E-state index contributed by atoms with van der Waals surface area (Å²) in [5.41, 5.74) is 8.85. The molecular formula is C14H17N3O. The third-order valence-electron chi connectivity index (χ3n) is 3.43. The molecule has 0 fully saturated rings. The van der Waals surface area contributed by atoms with Gasteiger partial charge in [-0.3, -0.25) is 4.79 Å². The number of para-hydroxylation sites is 1. The zero-order valence-corrected chi connectivity index (χ0v) is 10.7. The summed E-state index contributed by atoms with van der Waals surface area (Å²) in [6.45, 7) is 4.54. The first kappa shape index (κ1) is 11.3. The predicted molar refractivity (Wildman–Crippen MR) is 72.4 cm³/mol. The molecule has 0 bridgehead atoms. The Kier molecular flexibility index (Phi) is 2.25. The van der Waals surface area contributed by atoms with Crippen LogP contribution in [0.25, 0.3) is 0 Å². The molecule has 2 aliphatic heterocycles. The number of nitrogens with zero attached hydrogens (tertiary/aromatic N) is 2. The van der Waals surface area contributed by atoms with E-state index in [1.165, 1.54) is 0 Å². The average Bonchev–Trinajstić information content (AvgIpc) is 2.48. The van der Waals surface area contributed by atoms with Crippen LogP contribution in [0.5, 0.6) is 0 Å². The smallest absolute Gasteiger partial charge is 0.231 e. The van der Waals surface area contributed by atoms with Crippen molar-refractivity contribution >= 4 is 17.3 Å². The van der Waals surface area contributed by atoms with Gasteiger partial charge in [-0.2, -0.15) is 0 Å². The van der Waals surface area contributed by atoms with E-state index in [2.05, 4.69) is 0 Å². The van der Waals surface area contributed by atoms with Crippen LogP contribution >= 0.6 is 0 Å². The lowest BCUT2D eigenvalue weighted by atomic mass is 10.1. The van der Waals surface area contributed by atoms with Crippen LogP contribution in [-0.2, 0) is 11.2 Å². The maximum absolute atomic E-state index is 12.0. The van der Waals surface area contributed by atoms with E-state index in [1.54, 1.807) is 0 Å². The molecule has 0 saturated carbocycles. The van der Waals surface area contributed by atoms with E-state index in [0.717, 1.165) is 16.9 Å². The highest BCUT2D eigenvalue weighted by molar-refractivity contribution is 6.05. The molecule has 0 saturated heterocycles. The summed E-state index contributed by atoms with van der Waals surface area (Å²) in [5.74, 6) is 0.166. The summed E-state index contributed by atoms with van der Waals surface area (Å²) in [7, 11) is 0. The fourth-order valence-corrected chi connectivity index (χ4v) is 2.64. The maximum atomic E-state index is 12.0. The molecule has 4 nitrogen and oxygen atoms in total. The van der Waals surface area contributed by atoms with Crippen molar-refractivity contribution < 1.29 is 4.79 Å². The summed E-state index contributed by atoms with van der Waals surface area (Å²) in [6, 6.07) is 6.03. The van der Waals surface area contributed by atoms with Crippen molar-refractivity contribution in [1.29, 1.82) is 0 Å². The largest absolute Gasteiger partial charge is 0.329 e. The molecule has 2 N–H and O–H groups in total. The quantitative estimate of drug-likeness (QED) is 0.815. The van der Waals surface area contributed by atoms with Gasteiger partial charge in [-0.05, 0) is 31.6 Å². The third-order valence-corrected chi connectivity index (χ3v) is 3.43. The first-order valence-electron chi connectivity index (χ1n) is 6.15. The molecule has 94 valence electrons. The predicted octanol–water partition coefficient (Wildman–Crippen LogP) is 1.60. The van der Waals surface area contributed by atoms with Crippen LogP contribution in [-0.4, -0.2) is 18.1 Å². The first-order valence-corrected chi connectivity index (χ1v) is 6.15. The molecule has 3 rings (SSSR count). The Morgan fingerprint density at radius 2 is 2.11 bits per heavy atom. The Bertz CT molecular complexity index is 542. The molecule has 1 aromatic carbocycles. The van der Waals surface area contributed by atoms with Gasteiger partial charge in [-0.15, -0.1) is 0 Å². The van der Waals surface area contributed by atoms with E-state index < -0.39 is 5.66 Å². The molecule has 4 heteroatoms. The standard InChI is InChI=1S/C14H17N3O/c1-14(2,15)17-8-4-7-16-12(18)9-10-5-3-6-11(17)13(10)16/h3-6,8H,7,9,15H2,1-2H3. The minimum absolute atomic E-state index is 0.166. The number of amides is 1. The number of carbonyl (C=O) groups excluding carboxylic acids is 1. The Morgan fingerprint density at radius 1 is 1.33 bits per heavy atom. The topological polar surface area (TPSA) is 49.6 Å². The van der Waals surface area contributed by atoms with E-state index in [-0.39, 0.29) is 5.91 Å². The summed E-state index contributed by atoms with van der Waals surface area (Å²) >= 11 is 0. The van der Waals surface area contributed by atoms with Crippen molar-refractivity contribution in [1.82, 2.24) is 0 Å². The Morgan fingerprint density at radius 3 is 2.83 bits per heavy atom. The highest BCUT2D eigenvalue weighted by Crippen LogP contribution is 2.41. The number of rotatable bonds is 1. The van der Waals surface area contributed by atoms with Crippen LogP contribution in [0.2, 0.25) is 0 Å². The van der Waals surface area contributed by atoms with Gasteiger partial charge < -0.3 is 15.5 Å². The summed E-state index contributed by atoms with van der Waals surface area (Å²) in [4.78, 5) is 15.9. The molecule has 2 heterocycles. The van der Waals surface area contributed by atoms with Gasteiger partial charge in [-0.25, -0.2) is 0 Å². The highest BCUT2D eigenvalue weighted by Gasteiger charge is 2.34. The van der Waals surface area contributed by atoms with Gasteiger partial charge in [0, 0.05) is 12.7 Å². The van der Waals surface area contributed by atoms with E-state index >= 15 is 0 Å². The number of carbonyl (C=O) groups is 1. The summed E-state index contributed by atoms with van der Waals surface area (Å²) < 4.78 is 0. The minimum atomic E-state index is -0.493. The zero-order chi connectivity index (χ0) is 12.9. The molecule has 0 aliphatic carbocycles. The van der Waals surface area contributed by atoms with E-state index in [1.807, 2.05) is 54.1 Å². The molecule has 0 radical (unpaired) electrons. The minimum Gasteiger partial charge on any atom is -0.329 e. The van der Waals surface area contributed by atoms with E-state index in [4.69, 9.17) is 5.73 Å². The molecule has 0 atom stereocenters. The number of anilines is 2. The van der Waals surface area contributed by atoms with Crippen molar-refractivity contribution in [3.05, 3.63) is 36.0 Å². The SMILES string of the molecule is CC(C)(N)N1C=CCN2C(=O)Cc3cccc1c32. The Hall–Kier alpha value is -1.81. The van der Waals surface area contributed by atoms with Crippen molar-refractivity contribution in [2.45, 2.75) is 25.9 Å². The first-order chi connectivity index (χ1) is 8.48. The lowest BCUT2D eigenvalue weighted by Crippen LogP contribution is -2.48. The fourth-order valence-electron chi connectivity index (χ4n) is 2.64. The van der Waals surface area contributed by atoms with Crippen molar-refractivity contribution in [3.63, 3.8) is 0 Å². The zero-order valence-electron chi connectivity index (χ0n) is 10.7. The maximum Gasteiger partial charge on any atom is 0.231 e. The Balaban J connectivity index is 2.21. The molecule has 18 heavy (non-hydrogen) atoms. The summed E-state index contributed by atoms with van der Waals surface area (Å²) in [6.07, 6.45) is 4.46. The highest BCUT2D eigenvalue weighted by atomic mass is 16.2. The van der Waals surface area contributed by atoms with Crippen LogP contribution in [0.1, 0.15) is 19.4 Å². The second kappa shape index (κ2) is 3.59. The fraction of sp³-hybridized carbons (Fsp3) is 0.357. The molecule has 0 unspecified atom stereocenters. The van der Waals surface area contributed by atoms with Gasteiger partial charge in [0.05, 0.1) is 23.5 Å². The number of nitrogens with two attached hydrogens (primary N) is 1. The molecule has 0 aromatic heterocycles. The lowest BCUT2D eigenvalue weighted by molar-refractivity contribution is -0.117. The Labute approximate surface area is 107 Å². The second-order valence-electron chi connectivity index (χ2n) is 5.37. The van der Waals surface area contributed by atoms with E-state index in [9.17, 15) is 4.79 Å². The van der Waals surface area contributed by atoms with Gasteiger partial charge in [-0.1, -0.05) is 12.1 Å². The van der Waals surface area contributed by atoms with Gasteiger partial charge in [0.15, 0.2) is 0 Å².